The molecule has 1 unspecified atom stereocenters. The molecule has 0 radical (unpaired) electrons. The maximum atomic E-state index is 12.5. The number of likely N-dealkylation sites (tertiary alicyclic amines) is 1. The van der Waals surface area contributed by atoms with Crippen molar-refractivity contribution in [3.8, 4) is 0 Å². The number of rotatable bonds is 4. The lowest BCUT2D eigenvalue weighted by atomic mass is 10.00. The van der Waals surface area contributed by atoms with Crippen molar-refractivity contribution in [3.63, 3.8) is 0 Å². The maximum absolute atomic E-state index is 12.5. The number of hydrogen-bond donors (Lipinski definition) is 1. The van der Waals surface area contributed by atoms with Gasteiger partial charge in [0.2, 0.25) is 0 Å². The van der Waals surface area contributed by atoms with Crippen molar-refractivity contribution in [2.24, 2.45) is 5.92 Å². The summed E-state index contributed by atoms with van der Waals surface area (Å²) in [5, 5.41) is 11.2. The second-order valence-corrected chi connectivity index (χ2v) is 6.50. The molecule has 3 rings (SSSR count). The van der Waals surface area contributed by atoms with Crippen molar-refractivity contribution >= 4 is 23.4 Å². The molecule has 7 nitrogen and oxygen atoms in total. The molecule has 2 heterocycles. The summed E-state index contributed by atoms with van der Waals surface area (Å²) in [6.07, 6.45) is 2.19. The molecule has 1 atom stereocenters. The summed E-state index contributed by atoms with van der Waals surface area (Å²) < 4.78 is 4.67. The lowest BCUT2D eigenvalue weighted by Crippen LogP contribution is -2.39. The first-order valence-electron chi connectivity index (χ1n) is 8.65. The molecule has 0 saturated carbocycles. The molecule has 26 heavy (non-hydrogen) atoms. The zero-order valence-corrected chi connectivity index (χ0v) is 14.9. The van der Waals surface area contributed by atoms with Crippen LogP contribution in [0.1, 0.15) is 40.6 Å². The molecule has 1 saturated heterocycles. The van der Waals surface area contributed by atoms with Gasteiger partial charge in [0.1, 0.15) is 0 Å². The van der Waals surface area contributed by atoms with Crippen molar-refractivity contribution in [2.75, 3.05) is 25.5 Å². The van der Waals surface area contributed by atoms with Gasteiger partial charge in [-0.05, 0) is 55.2 Å². The number of anilines is 2. The van der Waals surface area contributed by atoms with E-state index in [4.69, 9.17) is 0 Å². The van der Waals surface area contributed by atoms with Crippen LogP contribution in [-0.2, 0) is 4.74 Å². The Morgan fingerprint density at radius 3 is 2.54 bits per heavy atom. The Morgan fingerprint density at radius 1 is 1.15 bits per heavy atom. The Bertz CT molecular complexity index is 774. The summed E-state index contributed by atoms with van der Waals surface area (Å²) in [6.45, 7) is 3.70. The van der Waals surface area contributed by atoms with Gasteiger partial charge in [-0.2, -0.15) is 0 Å². The number of ether oxygens (including phenoxy) is 1. The van der Waals surface area contributed by atoms with Crippen LogP contribution in [0.2, 0.25) is 0 Å². The second kappa shape index (κ2) is 7.95. The molecule has 136 valence electrons. The van der Waals surface area contributed by atoms with Gasteiger partial charge in [0.15, 0.2) is 11.5 Å². The zero-order valence-electron chi connectivity index (χ0n) is 14.9. The summed E-state index contributed by atoms with van der Waals surface area (Å²) >= 11 is 0. The highest BCUT2D eigenvalue weighted by Gasteiger charge is 2.23. The number of carbonyl (C=O) groups excluding carboxylic acids is 2. The van der Waals surface area contributed by atoms with E-state index in [-0.39, 0.29) is 11.9 Å². The smallest absolute Gasteiger partial charge is 0.337 e. The van der Waals surface area contributed by atoms with Crippen molar-refractivity contribution in [1.82, 2.24) is 15.1 Å². The van der Waals surface area contributed by atoms with Crippen LogP contribution in [0.5, 0.6) is 0 Å². The fraction of sp³-hybridized carbons (Fsp3) is 0.368. The topological polar surface area (TPSA) is 84.4 Å². The van der Waals surface area contributed by atoms with E-state index in [9.17, 15) is 9.59 Å². The highest BCUT2D eigenvalue weighted by Crippen LogP contribution is 2.18. The number of methoxy groups -OCH3 is 1. The molecule has 1 aromatic carbocycles. The van der Waals surface area contributed by atoms with Gasteiger partial charge in [-0.1, -0.05) is 6.92 Å². The summed E-state index contributed by atoms with van der Waals surface area (Å²) in [4.78, 5) is 25.8. The minimum absolute atomic E-state index is 0.0713. The van der Waals surface area contributed by atoms with Crippen LogP contribution in [0.3, 0.4) is 0 Å². The van der Waals surface area contributed by atoms with E-state index < -0.39 is 0 Å². The number of nitrogens with one attached hydrogen (secondary N) is 1. The summed E-state index contributed by atoms with van der Waals surface area (Å²) in [5.74, 6) is 0.596. The largest absolute Gasteiger partial charge is 0.465 e. The van der Waals surface area contributed by atoms with Gasteiger partial charge >= 0.3 is 5.97 Å². The van der Waals surface area contributed by atoms with Gasteiger partial charge in [0.25, 0.3) is 5.91 Å². The fourth-order valence-electron chi connectivity index (χ4n) is 3.00. The first kappa shape index (κ1) is 17.8. The Balaban J connectivity index is 1.64. The molecule has 0 spiro atoms. The maximum Gasteiger partial charge on any atom is 0.337 e. The number of nitrogens with zero attached hydrogens (tertiary/aromatic N) is 3. The van der Waals surface area contributed by atoms with E-state index in [0.29, 0.717) is 23.0 Å². The highest BCUT2D eigenvalue weighted by atomic mass is 16.5. The fourth-order valence-corrected chi connectivity index (χ4v) is 3.00. The minimum Gasteiger partial charge on any atom is -0.465 e. The highest BCUT2D eigenvalue weighted by molar-refractivity contribution is 5.92. The van der Waals surface area contributed by atoms with Crippen molar-refractivity contribution in [3.05, 3.63) is 47.7 Å². The van der Waals surface area contributed by atoms with E-state index in [0.717, 1.165) is 31.6 Å². The Morgan fingerprint density at radius 2 is 1.92 bits per heavy atom. The standard InChI is InChI=1S/C19H22N4O3/c1-13-4-3-11-23(12-13)18(24)16-9-10-17(22-21-16)20-15-7-5-14(6-8-15)19(25)26-2/h5-10,13H,3-4,11-12H2,1-2H3,(H,20,22). The van der Waals surface area contributed by atoms with Crippen LogP contribution < -0.4 is 5.32 Å². The number of hydrogen-bond acceptors (Lipinski definition) is 6. The number of piperidine rings is 1. The second-order valence-electron chi connectivity index (χ2n) is 6.50. The molecule has 2 aromatic rings. The molecule has 1 fully saturated rings. The van der Waals surface area contributed by atoms with Crippen LogP contribution in [-0.4, -0.2) is 47.2 Å². The third-order valence-electron chi connectivity index (χ3n) is 4.41. The first-order chi connectivity index (χ1) is 12.6. The summed E-state index contributed by atoms with van der Waals surface area (Å²) in [6, 6.07) is 10.2. The molecule has 7 heteroatoms. The molecular weight excluding hydrogens is 332 g/mol. The Labute approximate surface area is 152 Å². The van der Waals surface area contributed by atoms with Gasteiger partial charge < -0.3 is 15.0 Å². The van der Waals surface area contributed by atoms with Gasteiger partial charge in [0, 0.05) is 18.8 Å². The van der Waals surface area contributed by atoms with Gasteiger partial charge in [0.05, 0.1) is 12.7 Å². The van der Waals surface area contributed by atoms with Crippen LogP contribution in [0.4, 0.5) is 11.5 Å². The van der Waals surface area contributed by atoms with E-state index in [1.165, 1.54) is 7.11 Å². The van der Waals surface area contributed by atoms with Crippen LogP contribution >= 0.6 is 0 Å². The third-order valence-corrected chi connectivity index (χ3v) is 4.41. The molecule has 1 amide bonds. The lowest BCUT2D eigenvalue weighted by Gasteiger charge is -2.30. The summed E-state index contributed by atoms with van der Waals surface area (Å²) in [5.41, 5.74) is 1.59. The van der Waals surface area contributed by atoms with Crippen molar-refractivity contribution in [1.29, 1.82) is 0 Å². The predicted molar refractivity (Wildman–Crippen MR) is 97.4 cm³/mol. The molecule has 0 aliphatic carbocycles. The quantitative estimate of drug-likeness (QED) is 0.850. The van der Waals surface area contributed by atoms with E-state index in [1.54, 1.807) is 36.4 Å². The monoisotopic (exact) mass is 354 g/mol. The van der Waals surface area contributed by atoms with Crippen molar-refractivity contribution < 1.29 is 14.3 Å². The zero-order chi connectivity index (χ0) is 18.5. The normalized spacial score (nSPS) is 16.8. The van der Waals surface area contributed by atoms with E-state index in [2.05, 4.69) is 27.2 Å². The Kier molecular flexibility index (Phi) is 5.46. The summed E-state index contributed by atoms with van der Waals surface area (Å²) in [7, 11) is 1.34. The lowest BCUT2D eigenvalue weighted by molar-refractivity contribution is 0.0600. The van der Waals surface area contributed by atoms with Gasteiger partial charge in [-0.25, -0.2) is 4.79 Å². The third kappa shape index (κ3) is 4.17. The predicted octanol–water partition coefficient (Wildman–Crippen LogP) is 2.88. The molecule has 1 N–H and O–H groups in total. The van der Waals surface area contributed by atoms with Gasteiger partial charge in [-0.15, -0.1) is 10.2 Å². The first-order valence-corrected chi connectivity index (χ1v) is 8.65. The van der Waals surface area contributed by atoms with E-state index >= 15 is 0 Å². The molecule has 0 bridgehead atoms. The average Bonchev–Trinajstić information content (AvgIpc) is 2.68. The molecule has 1 aliphatic rings. The van der Waals surface area contributed by atoms with Crippen LogP contribution in [0.15, 0.2) is 36.4 Å². The van der Waals surface area contributed by atoms with Crippen molar-refractivity contribution in [2.45, 2.75) is 19.8 Å². The van der Waals surface area contributed by atoms with E-state index in [1.807, 2.05) is 4.90 Å². The average molecular weight is 354 g/mol. The molecule has 1 aliphatic heterocycles. The van der Waals surface area contributed by atoms with Crippen LogP contribution in [0, 0.1) is 5.92 Å². The minimum atomic E-state index is -0.383. The SMILES string of the molecule is COC(=O)c1ccc(Nc2ccc(C(=O)N3CCCC(C)C3)nn2)cc1. The van der Waals surface area contributed by atoms with Gasteiger partial charge in [-0.3, -0.25) is 4.79 Å². The molecule has 1 aromatic heterocycles. The number of aromatic nitrogens is 2. The van der Waals surface area contributed by atoms with Crippen LogP contribution in [0.25, 0.3) is 0 Å². The molecular formula is C19H22N4O3. The number of benzene rings is 1. The number of amides is 1. The number of esters is 1. The number of carbonyl (C=O) groups is 2. The Hall–Kier alpha value is -2.96.